The van der Waals surface area contributed by atoms with Gasteiger partial charge in [0.1, 0.15) is 98.9 Å². The molecule has 117 heavy (non-hydrogen) atoms. The molecule has 0 aliphatic carbocycles. The first-order chi connectivity index (χ1) is 57.5. The smallest absolute Gasteiger partial charge is 0.128 e. The average molecular weight is 1620 g/mol. The zero-order valence-corrected chi connectivity index (χ0v) is 72.1. The van der Waals surface area contributed by atoms with Crippen LogP contribution in [0.4, 0.5) is 0 Å². The lowest BCUT2D eigenvalue weighted by molar-refractivity contribution is 0.270. The van der Waals surface area contributed by atoms with Crippen LogP contribution in [0.25, 0.3) is 89.0 Å². The van der Waals surface area contributed by atoms with Gasteiger partial charge in [-0.3, -0.25) is 0 Å². The van der Waals surface area contributed by atoms with Gasteiger partial charge in [0.2, 0.25) is 0 Å². The van der Waals surface area contributed by atoms with Gasteiger partial charge in [0.15, 0.2) is 0 Å². The highest BCUT2D eigenvalue weighted by atomic mass is 35.5. The van der Waals surface area contributed by atoms with Crippen molar-refractivity contribution < 1.29 is 37.9 Å². The molecule has 8 aliphatic rings. The van der Waals surface area contributed by atoms with Gasteiger partial charge in [0.25, 0.3) is 0 Å². The minimum absolute atomic E-state index is 0.475. The van der Waals surface area contributed by atoms with Crippen LogP contribution in [0, 0.1) is 0 Å². The summed E-state index contributed by atoms with van der Waals surface area (Å²) in [6.45, 7) is 22.5. The van der Waals surface area contributed by atoms with E-state index in [0.717, 1.165) is 260 Å². The van der Waals surface area contributed by atoms with Crippen LogP contribution in [0.3, 0.4) is 0 Å². The zero-order valence-electron chi connectivity index (χ0n) is 69.8. The summed E-state index contributed by atoms with van der Waals surface area (Å²) in [5.74, 6) is 7.58. The Labute approximate surface area is 708 Å². The van der Waals surface area contributed by atoms with Crippen LogP contribution in [0.2, 0.25) is 15.1 Å². The molecule has 8 aliphatic heterocycles. The van der Waals surface area contributed by atoms with E-state index in [1.165, 1.54) is 134 Å². The second kappa shape index (κ2) is 35.7. The monoisotopic (exact) mass is 1620 g/mol. The Morgan fingerprint density at radius 3 is 0.427 bits per heavy atom. The molecule has 8 heterocycles. The van der Waals surface area contributed by atoms with Crippen LogP contribution in [0.15, 0.2) is 140 Å². The van der Waals surface area contributed by atoms with Crippen LogP contribution >= 0.6 is 34.8 Å². The summed E-state index contributed by atoms with van der Waals surface area (Å²) in [7, 11) is 0. The third-order valence-corrected chi connectivity index (χ3v) is 26.4. The van der Waals surface area contributed by atoms with Gasteiger partial charge in [-0.2, -0.15) is 0 Å². The fraction of sp³-hybridized carbons (Fsp3) is 0.377. The predicted octanol–water partition coefficient (Wildman–Crippen LogP) is 30.2. The van der Waals surface area contributed by atoms with Crippen molar-refractivity contribution in [2.45, 2.75) is 262 Å². The van der Waals surface area contributed by atoms with Crippen LogP contribution in [-0.2, 0) is 104 Å². The van der Waals surface area contributed by atoms with E-state index in [0.29, 0.717) is 52.9 Å². The highest BCUT2D eigenvalue weighted by Gasteiger charge is 2.42. The van der Waals surface area contributed by atoms with E-state index < -0.39 is 0 Å². The summed E-state index contributed by atoms with van der Waals surface area (Å²) < 4.78 is 58.3. The van der Waals surface area contributed by atoms with Crippen LogP contribution in [0.1, 0.15) is 247 Å². The summed E-state index contributed by atoms with van der Waals surface area (Å²) in [5, 5.41) is 2.38. The first kappa shape index (κ1) is 80.1. The fourth-order valence-corrected chi connectivity index (χ4v) is 20.4. The lowest BCUT2D eigenvalue weighted by atomic mass is 9.74. The van der Waals surface area contributed by atoms with Gasteiger partial charge in [-0.1, -0.05) is 196 Å². The lowest BCUT2D eigenvalue weighted by Crippen LogP contribution is -2.22. The molecule has 0 unspecified atom stereocenters. The Balaban J connectivity index is 0.000000408. The molecule has 0 spiro atoms. The summed E-state index contributed by atoms with van der Waals surface area (Å²) in [5.41, 5.74) is 41.7. The summed E-state index contributed by atoms with van der Waals surface area (Å²) in [6, 6.07) is 47.4. The molecular weight excluding hydrogens is 1510 g/mol. The molecule has 11 aromatic rings. The number of hydrogen-bond donors (Lipinski definition) is 0. The third-order valence-electron chi connectivity index (χ3n) is 25.6. The minimum Gasteiger partial charge on any atom is -0.488 e. The SMILES string of the molecule is CCCCc1c(CCCC)c2c3c4c1-c1cc5c(cc1OC4)-c1c(CCCC)c(CCCC)c4c(c1CO5)COc1cc5c(cc1-4)OCc1c4c(c(CCCC)c(CCCC)c1-5)-c1cc5c(cc1OC4)-c1c(CCCC)c(CCCC)c4c(c1CO5)COc1cc-2c(cc1-4)OC3.Clc1ccccc1.Clc1ccccc1.Clc1ccccc1. The second-order valence-corrected chi connectivity index (χ2v) is 34.4. The molecule has 0 saturated heterocycles. The summed E-state index contributed by atoms with van der Waals surface area (Å²) >= 11 is 16.6. The maximum Gasteiger partial charge on any atom is 0.128 e. The second-order valence-electron chi connectivity index (χ2n) is 33.1. The van der Waals surface area contributed by atoms with Gasteiger partial charge in [0.05, 0.1) is 0 Å². The average Bonchev–Trinajstić information content (AvgIpc) is 0.705. The molecule has 0 atom stereocenters. The zero-order chi connectivity index (χ0) is 80.4. The molecule has 0 aromatic heterocycles. The van der Waals surface area contributed by atoms with Crippen molar-refractivity contribution in [3.63, 3.8) is 0 Å². The Kier molecular flexibility index (Phi) is 24.5. The van der Waals surface area contributed by atoms with Crippen molar-refractivity contribution in [1.29, 1.82) is 0 Å². The number of unbranched alkanes of at least 4 members (excludes halogenated alkanes) is 8. The van der Waals surface area contributed by atoms with E-state index in [9.17, 15) is 0 Å². The summed E-state index contributed by atoms with van der Waals surface area (Å²) in [4.78, 5) is 0. The topological polar surface area (TPSA) is 73.8 Å². The maximum atomic E-state index is 7.29. The van der Waals surface area contributed by atoms with Crippen molar-refractivity contribution in [3.8, 4) is 135 Å². The van der Waals surface area contributed by atoms with Crippen molar-refractivity contribution in [3.05, 3.63) is 244 Å². The molecule has 19 rings (SSSR count). The normalized spacial score (nSPS) is 13.7. The van der Waals surface area contributed by atoms with E-state index in [-0.39, 0.29) is 0 Å². The Bertz CT molecular complexity index is 4620. The van der Waals surface area contributed by atoms with Gasteiger partial charge in [0, 0.05) is 104 Å². The van der Waals surface area contributed by atoms with E-state index >= 15 is 0 Å². The Morgan fingerprint density at radius 2 is 0.325 bits per heavy atom. The first-order valence-electron chi connectivity index (χ1n) is 44.2. The van der Waals surface area contributed by atoms with Crippen LogP contribution in [0.5, 0.6) is 46.0 Å². The van der Waals surface area contributed by atoms with Crippen molar-refractivity contribution >= 4 is 34.8 Å². The summed E-state index contributed by atoms with van der Waals surface area (Å²) in [6.07, 6.45) is 25.5. The number of hydrogen-bond acceptors (Lipinski definition) is 8. The molecule has 0 amide bonds. The molecule has 0 radical (unpaired) electrons. The highest BCUT2D eigenvalue weighted by Crippen LogP contribution is 2.62. The molecule has 0 fully saturated rings. The standard InChI is InChI=1S/C88H96O8.3C6H5Cl/c1-9-17-25-49-50(26-18-10-2)82-58-34-76-60-36-75(58)90-42-66(82)65-41-89-73-35-59-74(33-57(73)81(49)65)91-43-67-69-45-93-77-39-63-78(37-61(77)85(69)52(28-20-12-4)51(83(59)67)27-19-11-3)95-47-71-72-48-96-80-38-62-79(40-64(80)88(72)56(32-24-16-8)55(87(63)71)31-23-15-7)94-46-70-68(44-92-76)84(60)53(29-21-13-5)54(86(62)70)30-22-14-6;3*7-6-4-2-1-3-5-6/h33-40H,9-32,41-48H2,1-8H3;3*1-5H. The minimum atomic E-state index is 0.475. The molecule has 11 heteroatoms. The van der Waals surface area contributed by atoms with E-state index in [1.54, 1.807) is 0 Å². The van der Waals surface area contributed by atoms with Crippen LogP contribution < -0.4 is 37.9 Å². The van der Waals surface area contributed by atoms with Gasteiger partial charge in [-0.05, 0) is 277 Å². The van der Waals surface area contributed by atoms with Crippen LogP contribution in [-0.4, -0.2) is 0 Å². The number of halogens is 3. The molecule has 11 aromatic carbocycles. The lowest BCUT2D eigenvalue weighted by Gasteiger charge is -2.37. The number of fused-ring (bicyclic) bond motifs is 28. The molecule has 0 saturated carbocycles. The van der Waals surface area contributed by atoms with Gasteiger partial charge < -0.3 is 37.9 Å². The fourth-order valence-electron chi connectivity index (χ4n) is 20.0. The molecular formula is C106H111Cl3O8. The van der Waals surface area contributed by atoms with Gasteiger partial charge in [-0.15, -0.1) is 0 Å². The molecule has 604 valence electrons. The molecule has 8 nitrogen and oxygen atoms in total. The molecule has 0 N–H and O–H groups in total. The maximum absolute atomic E-state index is 7.29. The number of rotatable bonds is 24. The largest absolute Gasteiger partial charge is 0.488 e. The van der Waals surface area contributed by atoms with E-state index in [1.807, 2.05) is 91.0 Å². The quantitative estimate of drug-likeness (QED) is 0.0592. The predicted molar refractivity (Wildman–Crippen MR) is 481 cm³/mol. The van der Waals surface area contributed by atoms with Gasteiger partial charge in [-0.25, -0.2) is 0 Å². The third kappa shape index (κ3) is 15.1. The highest BCUT2D eigenvalue weighted by molar-refractivity contribution is 6.31. The Hall–Kier alpha value is -9.31. The van der Waals surface area contributed by atoms with E-state index in [2.05, 4.69) is 104 Å². The van der Waals surface area contributed by atoms with Crippen molar-refractivity contribution in [1.82, 2.24) is 0 Å². The number of ether oxygens (including phenoxy) is 8. The molecule has 0 bridgehead atoms. The Morgan fingerprint density at radius 1 is 0.197 bits per heavy atom. The number of benzene rings is 11. The van der Waals surface area contributed by atoms with Crippen molar-refractivity contribution in [2.24, 2.45) is 0 Å². The van der Waals surface area contributed by atoms with E-state index in [4.69, 9.17) is 72.7 Å². The first-order valence-corrected chi connectivity index (χ1v) is 45.3. The van der Waals surface area contributed by atoms with Gasteiger partial charge >= 0.3 is 0 Å². The van der Waals surface area contributed by atoms with Crippen molar-refractivity contribution in [2.75, 3.05) is 0 Å².